The normalized spacial score (nSPS) is 13.7. The Morgan fingerprint density at radius 2 is 1.78 bits per heavy atom. The summed E-state index contributed by atoms with van der Waals surface area (Å²) < 4.78 is 47.5. The third-order valence-electron chi connectivity index (χ3n) is 3.41. The van der Waals surface area contributed by atoms with Crippen LogP contribution in [-0.2, 0) is 19.7 Å². The molecule has 1 N–H and O–H groups in total. The quantitative estimate of drug-likeness (QED) is 0.841. The summed E-state index contributed by atoms with van der Waals surface area (Å²) in [6.07, 6.45) is 2.91. The second kappa shape index (κ2) is 6.62. The van der Waals surface area contributed by atoms with Gasteiger partial charge in [0.25, 0.3) is 0 Å². The smallest absolute Gasteiger partial charge is 0.177 e. The first-order valence-corrected chi connectivity index (χ1v) is 11.6. The molecule has 2 aromatic rings. The molecule has 0 bridgehead atoms. The Hall–Kier alpha value is -1.38. The second-order valence-corrected chi connectivity index (χ2v) is 10.3. The fraction of sp³-hybridized carbons (Fsp3) is 0.333. The molecule has 1 aromatic heterocycles. The highest BCUT2D eigenvalue weighted by atomic mass is 32.2. The third-order valence-corrected chi connectivity index (χ3v) is 6.64. The Bertz CT molecular complexity index is 885. The maximum absolute atomic E-state index is 12.1. The van der Waals surface area contributed by atoms with Crippen molar-refractivity contribution in [3.63, 3.8) is 0 Å². The SMILES string of the molecule is CCC(Nc1ccc(S(C)(=O)=O)cc1S(C)(=O)=O)c1cccs1. The van der Waals surface area contributed by atoms with Crippen molar-refractivity contribution in [1.29, 1.82) is 0 Å². The average Bonchev–Trinajstić information content (AvgIpc) is 2.96. The number of hydrogen-bond donors (Lipinski definition) is 1. The van der Waals surface area contributed by atoms with Gasteiger partial charge in [-0.15, -0.1) is 11.3 Å². The van der Waals surface area contributed by atoms with E-state index in [-0.39, 0.29) is 15.8 Å². The molecule has 0 amide bonds. The third kappa shape index (κ3) is 4.33. The second-order valence-electron chi connectivity index (χ2n) is 5.32. The summed E-state index contributed by atoms with van der Waals surface area (Å²) in [5, 5.41) is 5.18. The predicted octanol–water partition coefficient (Wildman–Crippen LogP) is 3.12. The molecule has 2 rings (SSSR count). The zero-order valence-corrected chi connectivity index (χ0v) is 15.6. The van der Waals surface area contributed by atoms with Crippen LogP contribution in [0.1, 0.15) is 24.3 Å². The molecule has 126 valence electrons. The Balaban J connectivity index is 2.50. The Labute approximate surface area is 141 Å². The van der Waals surface area contributed by atoms with E-state index in [4.69, 9.17) is 0 Å². The number of thiophene rings is 1. The van der Waals surface area contributed by atoms with Crippen LogP contribution in [0.4, 0.5) is 5.69 Å². The molecule has 0 aliphatic heterocycles. The van der Waals surface area contributed by atoms with Gasteiger partial charge >= 0.3 is 0 Å². The topological polar surface area (TPSA) is 80.3 Å². The summed E-state index contributed by atoms with van der Waals surface area (Å²) in [6, 6.07) is 8.05. The highest BCUT2D eigenvalue weighted by Crippen LogP contribution is 2.31. The van der Waals surface area contributed by atoms with E-state index in [1.165, 1.54) is 18.2 Å². The molecule has 23 heavy (non-hydrogen) atoms. The molecule has 0 fully saturated rings. The van der Waals surface area contributed by atoms with E-state index in [1.54, 1.807) is 11.3 Å². The van der Waals surface area contributed by atoms with Gasteiger partial charge in [0.15, 0.2) is 19.7 Å². The molecule has 0 spiro atoms. The number of anilines is 1. The molecule has 1 atom stereocenters. The van der Waals surface area contributed by atoms with Gasteiger partial charge in [-0.3, -0.25) is 0 Å². The molecule has 8 heteroatoms. The molecule has 0 radical (unpaired) electrons. The molecule has 1 aromatic carbocycles. The Morgan fingerprint density at radius 3 is 2.26 bits per heavy atom. The van der Waals surface area contributed by atoms with Crippen LogP contribution in [0, 0.1) is 0 Å². The van der Waals surface area contributed by atoms with Crippen molar-refractivity contribution >= 4 is 36.7 Å². The molecule has 1 heterocycles. The summed E-state index contributed by atoms with van der Waals surface area (Å²) >= 11 is 1.59. The van der Waals surface area contributed by atoms with Gasteiger partial charge in [-0.1, -0.05) is 13.0 Å². The van der Waals surface area contributed by atoms with Gasteiger partial charge in [-0.25, -0.2) is 16.8 Å². The van der Waals surface area contributed by atoms with Crippen molar-refractivity contribution in [2.75, 3.05) is 17.8 Å². The molecule has 0 saturated carbocycles. The molecule has 0 aliphatic carbocycles. The van der Waals surface area contributed by atoms with Gasteiger partial charge in [0.2, 0.25) is 0 Å². The number of hydrogen-bond acceptors (Lipinski definition) is 6. The minimum atomic E-state index is -3.56. The molecular weight excluding hydrogens is 354 g/mol. The maximum Gasteiger partial charge on any atom is 0.177 e. The van der Waals surface area contributed by atoms with Gasteiger partial charge in [-0.05, 0) is 36.1 Å². The summed E-state index contributed by atoms with van der Waals surface area (Å²) in [5.41, 5.74) is 0.417. The first-order valence-electron chi connectivity index (χ1n) is 6.97. The summed E-state index contributed by atoms with van der Waals surface area (Å²) in [5.74, 6) is 0. The van der Waals surface area contributed by atoms with E-state index in [2.05, 4.69) is 5.32 Å². The Morgan fingerprint density at radius 1 is 1.09 bits per heavy atom. The standard InChI is InChI=1S/C15H19NO4S3/c1-4-12(14-6-5-9-21-14)16-13-8-7-11(22(2,17)18)10-15(13)23(3,19)20/h5-10,12,16H,4H2,1-3H3. The van der Waals surface area contributed by atoms with E-state index in [9.17, 15) is 16.8 Å². The molecule has 0 saturated heterocycles. The van der Waals surface area contributed by atoms with Gasteiger partial charge < -0.3 is 5.32 Å². The van der Waals surface area contributed by atoms with Crippen molar-refractivity contribution in [2.45, 2.75) is 29.2 Å². The Kier molecular flexibility index (Phi) is 5.17. The fourth-order valence-corrected chi connectivity index (χ4v) is 4.66. The van der Waals surface area contributed by atoms with E-state index >= 15 is 0 Å². The zero-order valence-electron chi connectivity index (χ0n) is 13.1. The summed E-state index contributed by atoms with van der Waals surface area (Å²) in [6.45, 7) is 2.00. The largest absolute Gasteiger partial charge is 0.376 e. The van der Waals surface area contributed by atoms with E-state index in [1.807, 2.05) is 24.4 Å². The molecular formula is C15H19NO4S3. The molecule has 1 unspecified atom stereocenters. The van der Waals surface area contributed by atoms with Gasteiger partial charge in [0, 0.05) is 17.4 Å². The van der Waals surface area contributed by atoms with Gasteiger partial charge in [-0.2, -0.15) is 0 Å². The predicted molar refractivity (Wildman–Crippen MR) is 93.6 cm³/mol. The van der Waals surface area contributed by atoms with Crippen LogP contribution in [0.3, 0.4) is 0 Å². The lowest BCUT2D eigenvalue weighted by atomic mass is 10.1. The van der Waals surface area contributed by atoms with Crippen LogP contribution in [0.15, 0.2) is 45.5 Å². The number of sulfone groups is 2. The van der Waals surface area contributed by atoms with Crippen LogP contribution >= 0.6 is 11.3 Å². The van der Waals surface area contributed by atoms with Gasteiger partial charge in [0.1, 0.15) is 0 Å². The van der Waals surface area contributed by atoms with Crippen LogP contribution in [0.2, 0.25) is 0 Å². The first-order chi connectivity index (χ1) is 10.6. The van der Waals surface area contributed by atoms with Crippen molar-refractivity contribution < 1.29 is 16.8 Å². The van der Waals surface area contributed by atoms with E-state index < -0.39 is 19.7 Å². The fourth-order valence-electron chi connectivity index (χ4n) is 2.21. The highest BCUT2D eigenvalue weighted by molar-refractivity contribution is 7.91. The highest BCUT2D eigenvalue weighted by Gasteiger charge is 2.20. The van der Waals surface area contributed by atoms with Crippen LogP contribution in [-0.4, -0.2) is 29.3 Å². The van der Waals surface area contributed by atoms with Crippen molar-refractivity contribution in [3.05, 3.63) is 40.6 Å². The average molecular weight is 374 g/mol. The lowest BCUT2D eigenvalue weighted by Crippen LogP contribution is -2.12. The zero-order chi connectivity index (χ0) is 17.3. The number of nitrogens with one attached hydrogen (secondary N) is 1. The lowest BCUT2D eigenvalue weighted by molar-refractivity contribution is 0.600. The monoisotopic (exact) mass is 373 g/mol. The summed E-state index contributed by atoms with van der Waals surface area (Å²) in [7, 11) is -7.03. The first kappa shape index (κ1) is 18.0. The molecule has 0 aliphatic rings. The maximum atomic E-state index is 12.1. The van der Waals surface area contributed by atoms with Crippen molar-refractivity contribution in [1.82, 2.24) is 0 Å². The van der Waals surface area contributed by atoms with Crippen molar-refractivity contribution in [3.8, 4) is 0 Å². The number of rotatable bonds is 6. The minimum absolute atomic E-state index is 0.00423. The summed E-state index contributed by atoms with van der Waals surface area (Å²) in [4.78, 5) is 1.09. The van der Waals surface area contributed by atoms with Crippen LogP contribution in [0.5, 0.6) is 0 Å². The van der Waals surface area contributed by atoms with E-state index in [0.717, 1.165) is 23.8 Å². The van der Waals surface area contributed by atoms with Crippen LogP contribution < -0.4 is 5.32 Å². The van der Waals surface area contributed by atoms with Crippen LogP contribution in [0.25, 0.3) is 0 Å². The lowest BCUT2D eigenvalue weighted by Gasteiger charge is -2.19. The van der Waals surface area contributed by atoms with Gasteiger partial charge in [0.05, 0.1) is 21.5 Å². The molecule has 5 nitrogen and oxygen atoms in total. The van der Waals surface area contributed by atoms with E-state index in [0.29, 0.717) is 5.69 Å². The van der Waals surface area contributed by atoms with Crippen molar-refractivity contribution in [2.24, 2.45) is 0 Å². The minimum Gasteiger partial charge on any atom is -0.376 e. The number of benzene rings is 1.